The maximum Gasteiger partial charge on any atom is 0.337 e. The lowest BCUT2D eigenvalue weighted by Gasteiger charge is -2.09. The molecule has 0 aliphatic carbocycles. The summed E-state index contributed by atoms with van der Waals surface area (Å²) in [6.07, 6.45) is 0. The van der Waals surface area contributed by atoms with Crippen molar-refractivity contribution in [2.45, 2.75) is 20.4 Å². The number of benzene rings is 2. The molecule has 7 heteroatoms. The number of carbonyl (C=O) groups is 2. The van der Waals surface area contributed by atoms with Crippen LogP contribution in [0.3, 0.4) is 0 Å². The van der Waals surface area contributed by atoms with Crippen molar-refractivity contribution < 1.29 is 14.3 Å². The first-order valence-corrected chi connectivity index (χ1v) is 9.01. The number of nitrogens with zero attached hydrogens (tertiary/aromatic N) is 2. The van der Waals surface area contributed by atoms with Gasteiger partial charge in [-0.05, 0) is 61.4 Å². The van der Waals surface area contributed by atoms with Gasteiger partial charge in [0.2, 0.25) is 5.91 Å². The monoisotopic (exact) mass is 391 g/mol. The number of nitrogens with one attached hydrogen (secondary N) is 1. The molecule has 0 saturated heterocycles. The molecule has 29 heavy (non-hydrogen) atoms. The van der Waals surface area contributed by atoms with E-state index >= 15 is 0 Å². The van der Waals surface area contributed by atoms with E-state index in [4.69, 9.17) is 0 Å². The summed E-state index contributed by atoms with van der Waals surface area (Å²) in [5, 5.41) is 7.01. The van der Waals surface area contributed by atoms with Crippen LogP contribution in [0.5, 0.6) is 0 Å². The highest BCUT2D eigenvalue weighted by Gasteiger charge is 2.10. The van der Waals surface area contributed by atoms with Gasteiger partial charge in [-0.25, -0.2) is 9.48 Å². The molecular formula is C22H21N3O4. The number of aryl methyl sites for hydroxylation is 2. The Kier molecular flexibility index (Phi) is 5.87. The second-order valence-corrected chi connectivity index (χ2v) is 6.63. The third kappa shape index (κ3) is 4.76. The minimum Gasteiger partial charge on any atom is -0.465 e. The second kappa shape index (κ2) is 8.52. The van der Waals surface area contributed by atoms with Gasteiger partial charge in [0.15, 0.2) is 0 Å². The van der Waals surface area contributed by atoms with Crippen molar-refractivity contribution in [2.75, 3.05) is 12.4 Å². The largest absolute Gasteiger partial charge is 0.465 e. The SMILES string of the molecule is COC(=O)c1ccc(NC(=O)Cn2nc(-c3ccc(C)c(C)c3)ccc2=O)cc1. The maximum atomic E-state index is 12.4. The smallest absolute Gasteiger partial charge is 0.337 e. The highest BCUT2D eigenvalue weighted by molar-refractivity contribution is 5.92. The number of methoxy groups -OCH3 is 1. The number of carbonyl (C=O) groups excluding carboxylic acids is 2. The van der Waals surface area contributed by atoms with Gasteiger partial charge in [0.05, 0.1) is 18.4 Å². The summed E-state index contributed by atoms with van der Waals surface area (Å²) in [5.41, 5.74) is 4.29. The molecule has 1 heterocycles. The first-order chi connectivity index (χ1) is 13.9. The van der Waals surface area contributed by atoms with Crippen molar-refractivity contribution in [1.82, 2.24) is 9.78 Å². The summed E-state index contributed by atoms with van der Waals surface area (Å²) in [7, 11) is 1.30. The van der Waals surface area contributed by atoms with E-state index in [1.54, 1.807) is 30.3 Å². The van der Waals surface area contributed by atoms with Crippen LogP contribution in [0.4, 0.5) is 5.69 Å². The third-order valence-electron chi connectivity index (χ3n) is 4.55. The summed E-state index contributed by atoms with van der Waals surface area (Å²) in [6, 6.07) is 15.2. The number of aromatic nitrogens is 2. The van der Waals surface area contributed by atoms with Crippen molar-refractivity contribution in [1.29, 1.82) is 0 Å². The molecule has 0 fully saturated rings. The van der Waals surface area contributed by atoms with Crippen molar-refractivity contribution in [3.63, 3.8) is 0 Å². The van der Waals surface area contributed by atoms with E-state index in [1.807, 2.05) is 32.0 Å². The third-order valence-corrected chi connectivity index (χ3v) is 4.55. The topological polar surface area (TPSA) is 90.3 Å². The molecule has 0 radical (unpaired) electrons. The Morgan fingerprint density at radius 1 is 1.00 bits per heavy atom. The van der Waals surface area contributed by atoms with Crippen molar-refractivity contribution >= 4 is 17.6 Å². The van der Waals surface area contributed by atoms with Crippen LogP contribution < -0.4 is 10.9 Å². The van der Waals surface area contributed by atoms with Crippen molar-refractivity contribution in [3.8, 4) is 11.3 Å². The molecule has 0 spiro atoms. The number of amides is 1. The lowest BCUT2D eigenvalue weighted by atomic mass is 10.0. The van der Waals surface area contributed by atoms with Gasteiger partial charge in [-0.1, -0.05) is 12.1 Å². The summed E-state index contributed by atoms with van der Waals surface area (Å²) in [6.45, 7) is 3.81. The first kappa shape index (κ1) is 20.0. The Bertz CT molecular complexity index is 1120. The van der Waals surface area contributed by atoms with E-state index < -0.39 is 11.9 Å². The fourth-order valence-electron chi connectivity index (χ4n) is 2.76. The molecule has 0 atom stereocenters. The number of esters is 1. The van der Waals surface area contributed by atoms with Crippen LogP contribution in [0.15, 0.2) is 59.4 Å². The first-order valence-electron chi connectivity index (χ1n) is 9.01. The average Bonchev–Trinajstić information content (AvgIpc) is 2.71. The summed E-state index contributed by atoms with van der Waals surface area (Å²) < 4.78 is 5.77. The van der Waals surface area contributed by atoms with E-state index in [9.17, 15) is 14.4 Å². The van der Waals surface area contributed by atoms with Crippen LogP contribution in [0.25, 0.3) is 11.3 Å². The van der Waals surface area contributed by atoms with Crippen LogP contribution in [-0.2, 0) is 16.1 Å². The molecule has 0 bridgehead atoms. The lowest BCUT2D eigenvalue weighted by Crippen LogP contribution is -2.29. The highest BCUT2D eigenvalue weighted by atomic mass is 16.5. The summed E-state index contributed by atoms with van der Waals surface area (Å²) >= 11 is 0. The van der Waals surface area contributed by atoms with Crippen LogP contribution in [0.2, 0.25) is 0 Å². The molecule has 3 aromatic rings. The van der Waals surface area contributed by atoms with E-state index in [0.29, 0.717) is 16.9 Å². The molecule has 0 saturated carbocycles. The molecule has 0 unspecified atom stereocenters. The number of rotatable bonds is 5. The van der Waals surface area contributed by atoms with Gasteiger partial charge < -0.3 is 10.1 Å². The molecule has 1 N–H and O–H groups in total. The number of hydrogen-bond donors (Lipinski definition) is 1. The number of hydrogen-bond acceptors (Lipinski definition) is 5. The summed E-state index contributed by atoms with van der Waals surface area (Å²) in [5.74, 6) is -0.857. The van der Waals surface area contributed by atoms with Gasteiger partial charge in [0.25, 0.3) is 5.56 Å². The Labute approximate surface area is 168 Å². The van der Waals surface area contributed by atoms with Gasteiger partial charge in [-0.2, -0.15) is 5.10 Å². The zero-order valence-electron chi connectivity index (χ0n) is 16.4. The maximum absolute atomic E-state index is 12.4. The zero-order chi connectivity index (χ0) is 21.0. The predicted molar refractivity (Wildman–Crippen MR) is 110 cm³/mol. The molecule has 148 valence electrons. The van der Waals surface area contributed by atoms with Crippen LogP contribution in [0, 0.1) is 13.8 Å². The molecule has 1 amide bonds. The van der Waals surface area contributed by atoms with Gasteiger partial charge >= 0.3 is 5.97 Å². The Balaban J connectivity index is 1.75. The van der Waals surface area contributed by atoms with Gasteiger partial charge in [-0.3, -0.25) is 9.59 Å². The van der Waals surface area contributed by atoms with E-state index in [1.165, 1.54) is 18.7 Å². The molecular weight excluding hydrogens is 370 g/mol. The lowest BCUT2D eigenvalue weighted by molar-refractivity contribution is -0.117. The Morgan fingerprint density at radius 3 is 2.38 bits per heavy atom. The van der Waals surface area contributed by atoms with Gasteiger partial charge in [0.1, 0.15) is 6.54 Å². The van der Waals surface area contributed by atoms with Gasteiger partial charge in [0, 0.05) is 17.3 Å². The quantitative estimate of drug-likeness (QED) is 0.676. The molecule has 0 aliphatic heterocycles. The minimum absolute atomic E-state index is 0.226. The molecule has 7 nitrogen and oxygen atoms in total. The average molecular weight is 391 g/mol. The number of ether oxygens (including phenoxy) is 1. The minimum atomic E-state index is -0.457. The van der Waals surface area contributed by atoms with E-state index in [-0.39, 0.29) is 12.1 Å². The normalized spacial score (nSPS) is 10.4. The number of anilines is 1. The summed E-state index contributed by atoms with van der Waals surface area (Å²) in [4.78, 5) is 35.9. The molecule has 0 aliphatic rings. The fourth-order valence-corrected chi connectivity index (χ4v) is 2.76. The van der Waals surface area contributed by atoms with E-state index in [0.717, 1.165) is 15.8 Å². The molecule has 2 aromatic carbocycles. The molecule has 3 rings (SSSR count). The zero-order valence-corrected chi connectivity index (χ0v) is 16.4. The van der Waals surface area contributed by atoms with Crippen LogP contribution >= 0.6 is 0 Å². The van der Waals surface area contributed by atoms with Gasteiger partial charge in [-0.15, -0.1) is 0 Å². The van der Waals surface area contributed by atoms with Crippen molar-refractivity contribution in [2.24, 2.45) is 0 Å². The highest BCUT2D eigenvalue weighted by Crippen LogP contribution is 2.19. The Morgan fingerprint density at radius 2 is 1.72 bits per heavy atom. The standard InChI is InChI=1S/C22H21N3O4/c1-14-4-5-17(12-15(14)2)19-10-11-21(27)25(24-19)13-20(26)23-18-8-6-16(7-9-18)22(28)29-3/h4-12H,13H2,1-3H3,(H,23,26). The molecule has 1 aromatic heterocycles. The fraction of sp³-hybridized carbons (Fsp3) is 0.182. The Hall–Kier alpha value is -3.74. The van der Waals surface area contributed by atoms with Crippen LogP contribution in [0.1, 0.15) is 21.5 Å². The van der Waals surface area contributed by atoms with Crippen molar-refractivity contribution in [3.05, 3.63) is 81.6 Å². The van der Waals surface area contributed by atoms with Crippen LogP contribution in [-0.4, -0.2) is 28.8 Å². The van der Waals surface area contributed by atoms with E-state index in [2.05, 4.69) is 15.2 Å². The second-order valence-electron chi connectivity index (χ2n) is 6.63. The predicted octanol–water partition coefficient (Wildman–Crippen LogP) is 2.95.